The van der Waals surface area contributed by atoms with Crippen molar-refractivity contribution in [3.05, 3.63) is 46.4 Å². The monoisotopic (exact) mass is 399 g/mol. The van der Waals surface area contributed by atoms with Crippen LogP contribution in [0.5, 0.6) is 5.75 Å². The van der Waals surface area contributed by atoms with E-state index in [4.69, 9.17) is 4.74 Å². The van der Waals surface area contributed by atoms with Gasteiger partial charge in [0.25, 0.3) is 5.91 Å². The fourth-order valence-electron chi connectivity index (χ4n) is 3.63. The number of hydrogen-bond acceptors (Lipinski definition) is 5. The molecular formula is C21H25N3O3S. The summed E-state index contributed by atoms with van der Waals surface area (Å²) in [6.07, 6.45) is 5.14. The van der Waals surface area contributed by atoms with Crippen LogP contribution in [0, 0.1) is 5.41 Å². The quantitative estimate of drug-likeness (QED) is 0.739. The normalized spacial score (nSPS) is 19.8. The molecule has 2 aliphatic rings. The molecule has 148 valence electrons. The molecule has 1 aromatic heterocycles. The third-order valence-electron chi connectivity index (χ3n) is 5.54. The standard InChI is InChI=1S/C21H25N3O3S/c1-23-9-2-3-10-24(19(25)18-12-22-15-28-18)13-16-5-4-6-17(11-16)27-14-21(7-8-21)20(23)26/h4-6,11-12,15H,2-3,7-10,13-14H2,1H3. The molecule has 0 unspecified atom stereocenters. The lowest BCUT2D eigenvalue weighted by Crippen LogP contribution is -2.38. The second-order valence-electron chi connectivity index (χ2n) is 7.74. The van der Waals surface area contributed by atoms with Crippen molar-refractivity contribution in [1.82, 2.24) is 14.8 Å². The van der Waals surface area contributed by atoms with Crippen molar-refractivity contribution in [2.75, 3.05) is 26.7 Å². The maximum atomic E-state index is 12.9. The Balaban J connectivity index is 1.57. The zero-order chi connectivity index (χ0) is 19.6. The maximum absolute atomic E-state index is 12.9. The summed E-state index contributed by atoms with van der Waals surface area (Å²) in [4.78, 5) is 34.1. The van der Waals surface area contributed by atoms with Crippen LogP contribution in [0.15, 0.2) is 36.0 Å². The summed E-state index contributed by atoms with van der Waals surface area (Å²) >= 11 is 1.36. The van der Waals surface area contributed by atoms with Crippen LogP contribution in [-0.2, 0) is 11.3 Å². The van der Waals surface area contributed by atoms with E-state index in [0.717, 1.165) is 37.0 Å². The Morgan fingerprint density at radius 1 is 1.25 bits per heavy atom. The van der Waals surface area contributed by atoms with Gasteiger partial charge in [-0.3, -0.25) is 14.6 Å². The molecular weight excluding hydrogens is 374 g/mol. The van der Waals surface area contributed by atoms with E-state index in [-0.39, 0.29) is 17.2 Å². The summed E-state index contributed by atoms with van der Waals surface area (Å²) < 4.78 is 6.00. The second-order valence-corrected chi connectivity index (χ2v) is 8.63. The molecule has 1 aliphatic carbocycles. The molecule has 4 rings (SSSR count). The van der Waals surface area contributed by atoms with Gasteiger partial charge in [-0.15, -0.1) is 11.3 Å². The van der Waals surface area contributed by atoms with Crippen molar-refractivity contribution < 1.29 is 14.3 Å². The van der Waals surface area contributed by atoms with Crippen LogP contribution in [0.4, 0.5) is 0 Å². The first-order valence-corrected chi connectivity index (χ1v) is 10.6. The van der Waals surface area contributed by atoms with Crippen LogP contribution in [-0.4, -0.2) is 53.3 Å². The van der Waals surface area contributed by atoms with Gasteiger partial charge in [0.05, 0.1) is 17.1 Å². The molecule has 0 atom stereocenters. The predicted octanol–water partition coefficient (Wildman–Crippen LogP) is 3.20. The highest BCUT2D eigenvalue weighted by Crippen LogP contribution is 2.47. The fourth-order valence-corrected chi connectivity index (χ4v) is 4.22. The summed E-state index contributed by atoms with van der Waals surface area (Å²) in [5.41, 5.74) is 2.36. The molecule has 2 amide bonds. The minimum absolute atomic E-state index is 0.00211. The lowest BCUT2D eigenvalue weighted by molar-refractivity contribution is -0.136. The van der Waals surface area contributed by atoms with Gasteiger partial charge in [-0.25, -0.2) is 0 Å². The van der Waals surface area contributed by atoms with Crippen molar-refractivity contribution in [1.29, 1.82) is 0 Å². The molecule has 1 fully saturated rings. The molecule has 1 saturated carbocycles. The highest BCUT2D eigenvalue weighted by Gasteiger charge is 2.52. The number of hydrogen-bond donors (Lipinski definition) is 0. The highest BCUT2D eigenvalue weighted by atomic mass is 32.1. The molecule has 6 nitrogen and oxygen atoms in total. The number of carbonyl (C=O) groups excluding carboxylic acids is 2. The first-order chi connectivity index (χ1) is 13.6. The SMILES string of the molecule is CN1CCCCN(C(=O)c2cncs2)Cc2cccc(c2)OCC2(CC2)C1=O. The Morgan fingerprint density at radius 2 is 2.07 bits per heavy atom. The number of aromatic nitrogens is 1. The Hall–Kier alpha value is -2.41. The number of carbonyl (C=O) groups is 2. The van der Waals surface area contributed by atoms with Gasteiger partial charge in [0.15, 0.2) is 0 Å². The zero-order valence-electron chi connectivity index (χ0n) is 16.1. The molecule has 2 aromatic rings. The third kappa shape index (κ3) is 4.04. The van der Waals surface area contributed by atoms with Crippen molar-refractivity contribution in [3.8, 4) is 5.75 Å². The summed E-state index contributed by atoms with van der Waals surface area (Å²) in [6, 6.07) is 7.84. The summed E-state index contributed by atoms with van der Waals surface area (Å²) in [7, 11) is 1.87. The first kappa shape index (κ1) is 18.9. The smallest absolute Gasteiger partial charge is 0.265 e. The largest absolute Gasteiger partial charge is 0.492 e. The van der Waals surface area contributed by atoms with Crippen LogP contribution in [0.3, 0.4) is 0 Å². The van der Waals surface area contributed by atoms with Gasteiger partial charge < -0.3 is 14.5 Å². The van der Waals surface area contributed by atoms with E-state index in [1.54, 1.807) is 11.7 Å². The summed E-state index contributed by atoms with van der Waals surface area (Å²) in [5.74, 6) is 0.932. The lowest BCUT2D eigenvalue weighted by atomic mass is 10.1. The van der Waals surface area contributed by atoms with Gasteiger partial charge in [0, 0.05) is 26.7 Å². The van der Waals surface area contributed by atoms with Crippen molar-refractivity contribution in [3.63, 3.8) is 0 Å². The topological polar surface area (TPSA) is 62.7 Å². The predicted molar refractivity (Wildman–Crippen MR) is 107 cm³/mol. The number of rotatable bonds is 1. The number of fused-ring (bicyclic) bond motifs is 2. The Bertz CT molecular complexity index is 848. The third-order valence-corrected chi connectivity index (χ3v) is 6.30. The Kier molecular flexibility index (Phi) is 5.35. The van der Waals surface area contributed by atoms with Gasteiger partial charge in [-0.1, -0.05) is 12.1 Å². The van der Waals surface area contributed by atoms with Crippen LogP contribution in [0.1, 0.15) is 40.9 Å². The minimum Gasteiger partial charge on any atom is -0.492 e. The average molecular weight is 400 g/mol. The average Bonchev–Trinajstić information content (AvgIpc) is 3.30. The highest BCUT2D eigenvalue weighted by molar-refractivity contribution is 7.11. The second kappa shape index (κ2) is 7.91. The van der Waals surface area contributed by atoms with Gasteiger partial charge in [-0.2, -0.15) is 0 Å². The van der Waals surface area contributed by atoms with E-state index < -0.39 is 0 Å². The van der Waals surface area contributed by atoms with E-state index in [9.17, 15) is 9.59 Å². The number of ether oxygens (including phenoxy) is 1. The molecule has 0 N–H and O–H groups in total. The fraction of sp³-hybridized carbons (Fsp3) is 0.476. The van der Waals surface area contributed by atoms with Gasteiger partial charge in [-0.05, 0) is 43.4 Å². The number of nitrogens with zero attached hydrogens (tertiary/aromatic N) is 3. The number of amides is 2. The van der Waals surface area contributed by atoms with Crippen molar-refractivity contribution >= 4 is 23.2 Å². The zero-order valence-corrected chi connectivity index (χ0v) is 16.9. The minimum atomic E-state index is -0.344. The van der Waals surface area contributed by atoms with E-state index in [1.807, 2.05) is 41.1 Å². The van der Waals surface area contributed by atoms with E-state index in [2.05, 4.69) is 4.98 Å². The molecule has 0 radical (unpaired) electrons. The summed E-state index contributed by atoms with van der Waals surface area (Å²) in [5, 5.41) is 0. The Morgan fingerprint density at radius 3 is 2.82 bits per heavy atom. The molecule has 7 heteroatoms. The van der Waals surface area contributed by atoms with Crippen molar-refractivity contribution in [2.45, 2.75) is 32.2 Å². The van der Waals surface area contributed by atoms with Crippen molar-refractivity contribution in [2.24, 2.45) is 5.41 Å². The molecule has 1 aromatic carbocycles. The molecule has 2 heterocycles. The van der Waals surface area contributed by atoms with Gasteiger partial charge >= 0.3 is 0 Å². The van der Waals surface area contributed by atoms with E-state index in [1.165, 1.54) is 11.3 Å². The molecule has 28 heavy (non-hydrogen) atoms. The number of benzene rings is 1. The molecule has 1 aliphatic heterocycles. The van der Waals surface area contributed by atoms with E-state index >= 15 is 0 Å². The van der Waals surface area contributed by atoms with Crippen LogP contribution in [0.25, 0.3) is 0 Å². The van der Waals surface area contributed by atoms with Crippen LogP contribution >= 0.6 is 11.3 Å². The molecule has 0 saturated heterocycles. The molecule has 2 bridgehead atoms. The first-order valence-electron chi connectivity index (χ1n) is 9.72. The van der Waals surface area contributed by atoms with Crippen LogP contribution in [0.2, 0.25) is 0 Å². The maximum Gasteiger partial charge on any atom is 0.265 e. The molecule has 1 spiro atoms. The van der Waals surface area contributed by atoms with E-state index in [0.29, 0.717) is 31.1 Å². The van der Waals surface area contributed by atoms with Gasteiger partial charge in [0.2, 0.25) is 5.91 Å². The lowest BCUT2D eigenvalue weighted by Gasteiger charge is -2.26. The summed E-state index contributed by atoms with van der Waals surface area (Å²) in [6.45, 7) is 2.31. The van der Waals surface area contributed by atoms with Crippen LogP contribution < -0.4 is 4.74 Å². The van der Waals surface area contributed by atoms with Gasteiger partial charge in [0.1, 0.15) is 17.2 Å². The number of thiazole rings is 1. The Labute approximate surface area is 169 Å².